The number of halogens is 1. The number of piperidine rings is 1. The fraction of sp³-hybridized carbons (Fsp3) is 0.438. The van der Waals surface area contributed by atoms with Crippen LogP contribution in [0.4, 0.5) is 0 Å². The fourth-order valence-corrected chi connectivity index (χ4v) is 4.72. The van der Waals surface area contributed by atoms with Gasteiger partial charge in [0, 0.05) is 5.39 Å². The Balaban J connectivity index is 0.00000208. The van der Waals surface area contributed by atoms with E-state index in [1.807, 2.05) is 0 Å². The number of ether oxygens (including phenoxy) is 1. The van der Waals surface area contributed by atoms with Gasteiger partial charge in [-0.3, -0.25) is 0 Å². The van der Waals surface area contributed by atoms with Gasteiger partial charge in [0.05, 0.1) is 18.1 Å². The minimum Gasteiger partial charge on any atom is -0.463 e. The summed E-state index contributed by atoms with van der Waals surface area (Å²) >= 11 is 0. The van der Waals surface area contributed by atoms with Gasteiger partial charge in [0.2, 0.25) is 5.76 Å². The lowest BCUT2D eigenvalue weighted by atomic mass is 10.2. The second-order valence-electron chi connectivity index (χ2n) is 5.73. The van der Waals surface area contributed by atoms with E-state index in [9.17, 15) is 13.2 Å². The van der Waals surface area contributed by atoms with Crippen LogP contribution in [0.5, 0.6) is 0 Å². The zero-order valence-electron chi connectivity index (χ0n) is 13.3. The molecule has 6 nitrogen and oxygen atoms in total. The van der Waals surface area contributed by atoms with Crippen LogP contribution in [-0.2, 0) is 20.3 Å². The fourth-order valence-electron chi connectivity index (χ4n) is 2.89. The van der Waals surface area contributed by atoms with Crippen molar-refractivity contribution in [3.05, 3.63) is 35.6 Å². The first-order valence-electron chi connectivity index (χ1n) is 7.52. The normalized spacial score (nSPS) is 15.9. The van der Waals surface area contributed by atoms with E-state index >= 15 is 0 Å². The minimum atomic E-state index is -3.18. The molecular weight excluding hydrogens is 354 g/mol. The van der Waals surface area contributed by atoms with Crippen LogP contribution in [0.1, 0.15) is 29.0 Å². The van der Waals surface area contributed by atoms with Crippen molar-refractivity contribution >= 4 is 39.2 Å². The Kier molecular flexibility index (Phi) is 5.90. The number of carbonyl (C=O) groups excluding carboxylic acids is 1. The summed E-state index contributed by atoms with van der Waals surface area (Å²) in [4.78, 5) is 11.5. The topological polar surface area (TPSA) is 85.6 Å². The molecule has 8 heteroatoms. The van der Waals surface area contributed by atoms with E-state index in [1.165, 1.54) is 7.11 Å². The smallest absolute Gasteiger partial charge is 0.373 e. The molecule has 0 aliphatic carbocycles. The molecule has 0 radical (unpaired) electrons. The van der Waals surface area contributed by atoms with Crippen LogP contribution in [0.25, 0.3) is 11.0 Å². The van der Waals surface area contributed by atoms with Crippen LogP contribution in [0.15, 0.2) is 28.7 Å². The van der Waals surface area contributed by atoms with Crippen molar-refractivity contribution in [1.29, 1.82) is 0 Å². The van der Waals surface area contributed by atoms with Gasteiger partial charge in [-0.25, -0.2) is 13.2 Å². The Labute approximate surface area is 146 Å². The number of hydrogen-bond acceptors (Lipinski definition) is 6. The lowest BCUT2D eigenvalue weighted by Crippen LogP contribution is -2.36. The van der Waals surface area contributed by atoms with Gasteiger partial charge in [0.25, 0.3) is 0 Å². The minimum absolute atomic E-state index is 0. The highest BCUT2D eigenvalue weighted by atomic mass is 35.5. The average Bonchev–Trinajstić information content (AvgIpc) is 2.98. The number of carbonyl (C=O) groups is 1. The molecule has 0 amide bonds. The zero-order valence-corrected chi connectivity index (χ0v) is 14.9. The number of esters is 1. The van der Waals surface area contributed by atoms with Crippen LogP contribution in [-0.4, -0.2) is 39.8 Å². The van der Waals surface area contributed by atoms with E-state index in [4.69, 9.17) is 4.42 Å². The van der Waals surface area contributed by atoms with Crippen LogP contribution in [0.3, 0.4) is 0 Å². The highest BCUT2D eigenvalue weighted by molar-refractivity contribution is 7.91. The Hall–Kier alpha value is -1.57. The maximum absolute atomic E-state index is 12.5. The molecule has 1 aliphatic rings. The Morgan fingerprint density at radius 3 is 2.67 bits per heavy atom. The number of methoxy groups -OCH3 is 1. The Morgan fingerprint density at radius 1 is 1.29 bits per heavy atom. The van der Waals surface area contributed by atoms with Gasteiger partial charge in [0.1, 0.15) is 5.58 Å². The second kappa shape index (κ2) is 7.55. The van der Waals surface area contributed by atoms with Crippen molar-refractivity contribution in [2.24, 2.45) is 0 Å². The van der Waals surface area contributed by atoms with Crippen molar-refractivity contribution in [1.82, 2.24) is 5.32 Å². The molecular formula is C16H20ClNO5S. The maximum Gasteiger partial charge on any atom is 0.373 e. The molecule has 0 saturated carbocycles. The van der Waals surface area contributed by atoms with E-state index in [0.29, 0.717) is 29.4 Å². The lowest BCUT2D eigenvalue weighted by Gasteiger charge is -2.22. The predicted octanol–water partition coefficient (Wildman–Crippen LogP) is 2.31. The average molecular weight is 374 g/mol. The highest BCUT2D eigenvalue weighted by Gasteiger charge is 2.27. The van der Waals surface area contributed by atoms with Gasteiger partial charge >= 0.3 is 5.97 Å². The molecule has 0 unspecified atom stereocenters. The molecule has 3 rings (SSSR count). The van der Waals surface area contributed by atoms with E-state index in [2.05, 4.69) is 10.1 Å². The van der Waals surface area contributed by atoms with Crippen molar-refractivity contribution in [3.63, 3.8) is 0 Å². The number of nitrogens with one attached hydrogen (secondary N) is 1. The van der Waals surface area contributed by atoms with Gasteiger partial charge in [-0.1, -0.05) is 6.07 Å². The Bertz CT molecular complexity index is 824. The predicted molar refractivity (Wildman–Crippen MR) is 93.3 cm³/mol. The largest absolute Gasteiger partial charge is 0.463 e. The third kappa shape index (κ3) is 3.91. The summed E-state index contributed by atoms with van der Waals surface area (Å²) in [7, 11) is -1.90. The molecule has 0 bridgehead atoms. The van der Waals surface area contributed by atoms with Crippen LogP contribution in [0, 0.1) is 0 Å². The SMILES string of the molecule is COC(=O)c1cc2cc(CS(=O)(=O)C3CCNCC3)ccc2o1.Cl. The van der Waals surface area contributed by atoms with Crippen molar-refractivity contribution < 1.29 is 22.4 Å². The lowest BCUT2D eigenvalue weighted by molar-refractivity contribution is 0.0567. The highest BCUT2D eigenvalue weighted by Crippen LogP contribution is 2.24. The van der Waals surface area contributed by atoms with E-state index in [0.717, 1.165) is 13.1 Å². The molecule has 2 heterocycles. The second-order valence-corrected chi connectivity index (χ2v) is 8.01. The van der Waals surface area contributed by atoms with Gasteiger partial charge in [-0.2, -0.15) is 0 Å². The van der Waals surface area contributed by atoms with E-state index < -0.39 is 15.8 Å². The molecule has 132 valence electrons. The number of benzene rings is 1. The van der Waals surface area contributed by atoms with Gasteiger partial charge < -0.3 is 14.5 Å². The molecule has 2 aromatic rings. The third-order valence-electron chi connectivity index (χ3n) is 4.13. The molecule has 1 fully saturated rings. The van der Waals surface area contributed by atoms with Crippen molar-refractivity contribution in [2.75, 3.05) is 20.2 Å². The van der Waals surface area contributed by atoms with Crippen molar-refractivity contribution in [2.45, 2.75) is 23.8 Å². The Morgan fingerprint density at radius 2 is 2.00 bits per heavy atom. The van der Waals surface area contributed by atoms with Crippen LogP contribution in [0.2, 0.25) is 0 Å². The van der Waals surface area contributed by atoms with E-state index in [-0.39, 0.29) is 29.2 Å². The molecule has 0 atom stereocenters. The molecule has 1 saturated heterocycles. The molecule has 1 N–H and O–H groups in total. The molecule has 1 aromatic carbocycles. The first kappa shape index (κ1) is 18.8. The van der Waals surface area contributed by atoms with Gasteiger partial charge in [-0.05, 0) is 49.7 Å². The summed E-state index contributed by atoms with van der Waals surface area (Å²) in [6.07, 6.45) is 1.31. The quantitative estimate of drug-likeness (QED) is 0.828. The third-order valence-corrected chi connectivity index (χ3v) is 6.35. The van der Waals surface area contributed by atoms with Crippen LogP contribution < -0.4 is 5.32 Å². The van der Waals surface area contributed by atoms with Gasteiger partial charge in [0.15, 0.2) is 9.84 Å². The van der Waals surface area contributed by atoms with E-state index in [1.54, 1.807) is 24.3 Å². The number of rotatable bonds is 4. The number of fused-ring (bicyclic) bond motifs is 1. The number of sulfone groups is 1. The van der Waals surface area contributed by atoms with Crippen molar-refractivity contribution in [3.8, 4) is 0 Å². The van der Waals surface area contributed by atoms with Gasteiger partial charge in [-0.15, -0.1) is 12.4 Å². The first-order valence-corrected chi connectivity index (χ1v) is 9.24. The number of furan rings is 1. The van der Waals surface area contributed by atoms with Crippen LogP contribution >= 0.6 is 12.4 Å². The summed E-state index contributed by atoms with van der Waals surface area (Å²) in [6.45, 7) is 1.49. The monoisotopic (exact) mass is 373 g/mol. The number of hydrogen-bond donors (Lipinski definition) is 1. The molecule has 1 aliphatic heterocycles. The molecule has 0 spiro atoms. The maximum atomic E-state index is 12.5. The molecule has 24 heavy (non-hydrogen) atoms. The summed E-state index contributed by atoms with van der Waals surface area (Å²) in [5.74, 6) is -0.433. The summed E-state index contributed by atoms with van der Waals surface area (Å²) in [5, 5.41) is 3.59. The summed E-state index contributed by atoms with van der Waals surface area (Å²) < 4.78 is 35.1. The standard InChI is InChI=1S/C16H19NO5S.ClH/c1-21-16(18)15-9-12-8-11(2-3-14(12)22-15)10-23(19,20)13-4-6-17-7-5-13;/h2-3,8-9,13,17H,4-7,10H2,1H3;1H. The first-order chi connectivity index (χ1) is 11.0. The summed E-state index contributed by atoms with van der Waals surface area (Å²) in [5.41, 5.74) is 1.24. The zero-order chi connectivity index (χ0) is 16.4. The molecule has 1 aromatic heterocycles. The summed E-state index contributed by atoms with van der Waals surface area (Å²) in [6, 6.07) is 6.74.